The van der Waals surface area contributed by atoms with E-state index < -0.39 is 6.10 Å². The van der Waals surface area contributed by atoms with Crippen LogP contribution in [0, 0.1) is 0 Å². The number of H-pyrrole nitrogens is 1. The molecule has 1 aromatic heterocycles. The summed E-state index contributed by atoms with van der Waals surface area (Å²) in [6, 6.07) is 11.1. The predicted molar refractivity (Wildman–Crippen MR) is 130 cm³/mol. The Hall–Kier alpha value is -1.94. The van der Waals surface area contributed by atoms with Crippen LogP contribution in [-0.2, 0) is 11.2 Å². The van der Waals surface area contributed by atoms with Crippen LogP contribution in [0.2, 0.25) is 5.02 Å². The molecule has 0 spiro atoms. The van der Waals surface area contributed by atoms with Crippen LogP contribution in [0.3, 0.4) is 0 Å². The monoisotopic (exact) mass is 479 g/mol. The Bertz CT molecular complexity index is 1060. The molecule has 3 aromatic rings. The van der Waals surface area contributed by atoms with Crippen LogP contribution in [-0.4, -0.2) is 66.5 Å². The number of thiazole rings is 1. The lowest BCUT2D eigenvalue weighted by Gasteiger charge is -2.17. The molecule has 9 heteroatoms. The highest BCUT2D eigenvalue weighted by Gasteiger charge is 2.15. The molecule has 0 fully saturated rings. The van der Waals surface area contributed by atoms with Crippen molar-refractivity contribution in [3.63, 3.8) is 0 Å². The van der Waals surface area contributed by atoms with Gasteiger partial charge in [-0.1, -0.05) is 41.1 Å². The maximum Gasteiger partial charge on any atom is 0.305 e. The molecular formula is C23H30ClN3O4S. The topological polar surface area (TPSA) is 97.8 Å². The second-order valence-electron chi connectivity index (χ2n) is 7.76. The number of hydrogen-bond acceptors (Lipinski definition) is 7. The summed E-state index contributed by atoms with van der Waals surface area (Å²) in [6.07, 6.45) is 1.14. The molecule has 32 heavy (non-hydrogen) atoms. The Morgan fingerprint density at radius 2 is 2.09 bits per heavy atom. The summed E-state index contributed by atoms with van der Waals surface area (Å²) >= 11 is 7.01. The number of fused-ring (bicyclic) bond motifs is 1. The number of aromatic hydroxyl groups is 1. The lowest BCUT2D eigenvalue weighted by Crippen LogP contribution is -2.26. The fourth-order valence-corrected chi connectivity index (χ4v) is 4.59. The standard InChI is InChI=1S/C23H30ClN3O4S/c1-27(11-8-16-4-2-5-17(24)14-16)10-3-12-31-13-9-25-15-20(29)18-6-7-19(28)21-22(18)32-23(30)26-21/h2,4-7,14,20,25,28-29H,3,8-13,15H2,1H3,(H,26,30)/t20-/m0/s1. The van der Waals surface area contributed by atoms with E-state index in [2.05, 4.69) is 28.3 Å². The van der Waals surface area contributed by atoms with Crippen molar-refractivity contribution >= 4 is 33.2 Å². The number of aliphatic hydroxyl groups excluding tert-OH is 1. The molecule has 1 atom stereocenters. The molecule has 4 N–H and O–H groups in total. The van der Waals surface area contributed by atoms with Gasteiger partial charge in [0, 0.05) is 43.4 Å². The number of halogens is 1. The van der Waals surface area contributed by atoms with Crippen molar-refractivity contribution in [1.29, 1.82) is 0 Å². The Labute approximate surface area is 196 Å². The Balaban J connectivity index is 1.26. The van der Waals surface area contributed by atoms with Gasteiger partial charge in [-0.3, -0.25) is 4.79 Å². The van der Waals surface area contributed by atoms with Crippen molar-refractivity contribution in [2.45, 2.75) is 18.9 Å². The first-order chi connectivity index (χ1) is 15.4. The van der Waals surface area contributed by atoms with E-state index in [9.17, 15) is 15.0 Å². The molecule has 1 heterocycles. The van der Waals surface area contributed by atoms with Crippen LogP contribution < -0.4 is 10.2 Å². The van der Waals surface area contributed by atoms with E-state index in [0.29, 0.717) is 42.1 Å². The number of aliphatic hydroxyl groups is 1. The van der Waals surface area contributed by atoms with Gasteiger partial charge in [-0.05, 0) is 43.7 Å². The van der Waals surface area contributed by atoms with Crippen molar-refractivity contribution in [3.05, 3.63) is 62.2 Å². The van der Waals surface area contributed by atoms with Crippen molar-refractivity contribution in [1.82, 2.24) is 15.2 Å². The Morgan fingerprint density at radius 3 is 2.91 bits per heavy atom. The van der Waals surface area contributed by atoms with Crippen molar-refractivity contribution in [3.8, 4) is 5.75 Å². The number of phenolic OH excluding ortho intramolecular Hbond substituents is 1. The highest BCUT2D eigenvalue weighted by Crippen LogP contribution is 2.31. The molecule has 0 saturated heterocycles. The highest BCUT2D eigenvalue weighted by molar-refractivity contribution is 7.16. The fraction of sp³-hybridized carbons (Fsp3) is 0.435. The number of hydrogen-bond donors (Lipinski definition) is 4. The van der Waals surface area contributed by atoms with Gasteiger partial charge >= 0.3 is 4.87 Å². The molecule has 7 nitrogen and oxygen atoms in total. The van der Waals surface area contributed by atoms with Crippen LogP contribution >= 0.6 is 22.9 Å². The Kier molecular flexibility index (Phi) is 9.52. The zero-order valence-corrected chi connectivity index (χ0v) is 19.7. The molecule has 0 aliphatic rings. The van der Waals surface area contributed by atoms with Gasteiger partial charge in [-0.25, -0.2) is 0 Å². The number of aromatic nitrogens is 1. The molecule has 3 rings (SSSR count). The fourth-order valence-electron chi connectivity index (χ4n) is 3.46. The number of benzene rings is 2. The van der Waals surface area contributed by atoms with Crippen molar-refractivity contribution in [2.75, 3.05) is 46.4 Å². The van der Waals surface area contributed by atoms with Gasteiger partial charge in [-0.15, -0.1) is 0 Å². The van der Waals surface area contributed by atoms with Gasteiger partial charge in [0.1, 0.15) is 11.3 Å². The molecule has 174 valence electrons. The number of nitrogens with one attached hydrogen (secondary N) is 2. The Morgan fingerprint density at radius 1 is 1.25 bits per heavy atom. The number of rotatable bonds is 13. The zero-order chi connectivity index (χ0) is 22.9. The molecular weight excluding hydrogens is 450 g/mol. The summed E-state index contributed by atoms with van der Waals surface area (Å²) in [5.41, 5.74) is 2.24. The summed E-state index contributed by atoms with van der Waals surface area (Å²) in [6.45, 7) is 4.13. The normalized spacial score (nSPS) is 12.6. The van der Waals surface area contributed by atoms with E-state index in [1.165, 1.54) is 11.6 Å². The summed E-state index contributed by atoms with van der Waals surface area (Å²) in [5, 5.41) is 24.3. The molecule has 0 bridgehead atoms. The number of likely N-dealkylation sites (N-methyl/N-ethyl adjacent to an activating group) is 1. The first-order valence-electron chi connectivity index (χ1n) is 10.7. The highest BCUT2D eigenvalue weighted by atomic mass is 35.5. The quantitative estimate of drug-likeness (QED) is 0.281. The lowest BCUT2D eigenvalue weighted by atomic mass is 10.1. The third-order valence-corrected chi connectivity index (χ3v) is 6.37. The zero-order valence-electron chi connectivity index (χ0n) is 18.1. The smallest absolute Gasteiger partial charge is 0.305 e. The molecule has 0 aliphatic heterocycles. The SMILES string of the molecule is CN(CCCOCCNC[C@H](O)c1ccc(O)c2[nH]c(=O)sc12)CCc1cccc(Cl)c1. The van der Waals surface area contributed by atoms with Gasteiger partial charge in [0.05, 0.1) is 17.4 Å². The van der Waals surface area contributed by atoms with Gasteiger partial charge < -0.3 is 30.2 Å². The van der Waals surface area contributed by atoms with Crippen molar-refractivity contribution in [2.24, 2.45) is 0 Å². The van der Waals surface area contributed by atoms with Crippen LogP contribution in [0.1, 0.15) is 23.7 Å². The van der Waals surface area contributed by atoms with E-state index >= 15 is 0 Å². The second kappa shape index (κ2) is 12.3. The van der Waals surface area contributed by atoms with E-state index in [4.69, 9.17) is 16.3 Å². The van der Waals surface area contributed by atoms with Gasteiger partial charge in [0.2, 0.25) is 0 Å². The number of phenols is 1. The third-order valence-electron chi connectivity index (χ3n) is 5.21. The number of nitrogens with zero attached hydrogens (tertiary/aromatic N) is 1. The molecule has 0 aliphatic carbocycles. The van der Waals surface area contributed by atoms with Crippen LogP contribution in [0.25, 0.3) is 10.2 Å². The molecule has 0 unspecified atom stereocenters. The van der Waals surface area contributed by atoms with Crippen LogP contribution in [0.4, 0.5) is 0 Å². The molecule has 0 amide bonds. The molecule has 2 aromatic carbocycles. The van der Waals surface area contributed by atoms with Gasteiger partial charge in [-0.2, -0.15) is 0 Å². The van der Waals surface area contributed by atoms with Crippen molar-refractivity contribution < 1.29 is 14.9 Å². The van der Waals surface area contributed by atoms with E-state index in [0.717, 1.165) is 42.3 Å². The maximum absolute atomic E-state index is 11.6. The minimum absolute atomic E-state index is 0.00534. The minimum Gasteiger partial charge on any atom is -0.506 e. The van der Waals surface area contributed by atoms with Gasteiger partial charge in [0.15, 0.2) is 0 Å². The minimum atomic E-state index is -0.780. The second-order valence-corrected chi connectivity index (χ2v) is 9.18. The first kappa shape index (κ1) is 24.7. The third kappa shape index (κ3) is 7.30. The average molecular weight is 480 g/mol. The largest absolute Gasteiger partial charge is 0.506 e. The van der Waals surface area contributed by atoms with Gasteiger partial charge in [0.25, 0.3) is 0 Å². The summed E-state index contributed by atoms with van der Waals surface area (Å²) < 4.78 is 6.26. The van der Waals surface area contributed by atoms with E-state index in [1.54, 1.807) is 6.07 Å². The lowest BCUT2D eigenvalue weighted by molar-refractivity contribution is 0.119. The molecule has 0 saturated carbocycles. The predicted octanol–water partition coefficient (Wildman–Crippen LogP) is 3.15. The van der Waals surface area contributed by atoms with E-state index in [1.807, 2.05) is 18.2 Å². The summed E-state index contributed by atoms with van der Waals surface area (Å²) in [5.74, 6) is 0.00534. The van der Waals surface area contributed by atoms with Crippen LogP contribution in [0.5, 0.6) is 5.75 Å². The maximum atomic E-state index is 11.6. The average Bonchev–Trinajstić information content (AvgIpc) is 3.16. The summed E-state index contributed by atoms with van der Waals surface area (Å²) in [4.78, 5) is 16.2. The summed E-state index contributed by atoms with van der Waals surface area (Å²) in [7, 11) is 2.11. The van der Waals surface area contributed by atoms with Crippen LogP contribution in [0.15, 0.2) is 41.2 Å². The number of ether oxygens (including phenoxy) is 1. The molecule has 0 radical (unpaired) electrons. The first-order valence-corrected chi connectivity index (χ1v) is 11.9. The van der Waals surface area contributed by atoms with E-state index in [-0.39, 0.29) is 10.6 Å². The number of aromatic amines is 1.